The number of furan rings is 1. The molecule has 0 radical (unpaired) electrons. The molecule has 0 amide bonds. The third-order valence-electron chi connectivity index (χ3n) is 9.83. The van der Waals surface area contributed by atoms with Gasteiger partial charge in [0.1, 0.15) is 11.2 Å². The predicted octanol–water partition coefficient (Wildman–Crippen LogP) is 12.0. The van der Waals surface area contributed by atoms with Crippen molar-refractivity contribution in [3.63, 3.8) is 0 Å². The van der Waals surface area contributed by atoms with E-state index in [-0.39, 0.29) is 0 Å². The third kappa shape index (κ3) is 4.11. The summed E-state index contributed by atoms with van der Waals surface area (Å²) in [7, 11) is 0. The number of rotatable bonds is 4. The number of pyridine rings is 1. The van der Waals surface area contributed by atoms with Gasteiger partial charge in [-0.2, -0.15) is 0 Å². The van der Waals surface area contributed by atoms with Gasteiger partial charge in [-0.15, -0.1) is 0 Å². The number of aryl methyl sites for hydroxylation is 1. The number of fused-ring (bicyclic) bond motifs is 9. The van der Waals surface area contributed by atoms with Crippen molar-refractivity contribution in [3.05, 3.63) is 163 Å². The summed E-state index contributed by atoms with van der Waals surface area (Å²) in [6.07, 6.45) is 6.59. The van der Waals surface area contributed by atoms with Crippen molar-refractivity contribution >= 4 is 49.8 Å². The van der Waals surface area contributed by atoms with Gasteiger partial charge in [0, 0.05) is 38.5 Å². The summed E-state index contributed by atoms with van der Waals surface area (Å²) in [6.45, 7) is 0. The molecule has 226 valence electrons. The standard InChI is InChI=1S/C45H30N2O/c1-4-15-30(16-5-1)38-26-32(27-39(46-38)31-17-6-2-7-18-31)36-28-37-35-22-12-13-23-41(35)48-45(37)43-42-34-21-11-10-14-29(34)24-25-40(42)47(44(36)43)33-19-8-3-9-20-33/h1-10,12-20,22-28H,11,21H2. The van der Waals surface area contributed by atoms with Gasteiger partial charge in [-0.3, -0.25) is 0 Å². The summed E-state index contributed by atoms with van der Waals surface area (Å²) in [6, 6.07) is 51.7. The van der Waals surface area contributed by atoms with Crippen LogP contribution in [0, 0.1) is 0 Å². The van der Waals surface area contributed by atoms with Gasteiger partial charge in [-0.25, -0.2) is 4.98 Å². The Balaban J connectivity index is 1.43. The molecule has 3 heterocycles. The molecule has 3 nitrogen and oxygen atoms in total. The summed E-state index contributed by atoms with van der Waals surface area (Å²) < 4.78 is 9.30. The molecular formula is C45H30N2O. The van der Waals surface area contributed by atoms with E-state index in [9.17, 15) is 0 Å². The number of benzene rings is 6. The van der Waals surface area contributed by atoms with E-state index < -0.39 is 0 Å². The van der Waals surface area contributed by atoms with Gasteiger partial charge in [0.15, 0.2) is 0 Å². The van der Waals surface area contributed by atoms with Gasteiger partial charge in [-0.05, 0) is 72.0 Å². The average Bonchev–Trinajstić information content (AvgIpc) is 3.72. The Morgan fingerprint density at radius 2 is 1.25 bits per heavy atom. The zero-order chi connectivity index (χ0) is 31.6. The second kappa shape index (κ2) is 10.7. The summed E-state index contributed by atoms with van der Waals surface area (Å²) >= 11 is 0. The maximum atomic E-state index is 6.85. The van der Waals surface area contributed by atoms with Crippen LogP contribution in [-0.4, -0.2) is 9.55 Å². The maximum Gasteiger partial charge on any atom is 0.145 e. The molecule has 1 aliphatic carbocycles. The Kier molecular flexibility index (Phi) is 6.00. The Morgan fingerprint density at radius 3 is 1.98 bits per heavy atom. The molecule has 0 N–H and O–H groups in total. The minimum atomic E-state index is 0.904. The molecule has 1 aliphatic rings. The smallest absolute Gasteiger partial charge is 0.145 e. The lowest BCUT2D eigenvalue weighted by molar-refractivity contribution is 0.673. The van der Waals surface area contributed by atoms with Gasteiger partial charge in [0.2, 0.25) is 0 Å². The van der Waals surface area contributed by atoms with Crippen molar-refractivity contribution in [2.24, 2.45) is 0 Å². The zero-order valence-corrected chi connectivity index (χ0v) is 26.2. The Labute approximate surface area is 278 Å². The molecule has 0 fully saturated rings. The Morgan fingerprint density at radius 1 is 0.583 bits per heavy atom. The molecule has 10 rings (SSSR count). The van der Waals surface area contributed by atoms with Crippen LogP contribution in [0.15, 0.2) is 156 Å². The number of allylic oxidation sites excluding steroid dienone is 1. The minimum Gasteiger partial charge on any atom is -0.455 e. The van der Waals surface area contributed by atoms with Gasteiger partial charge in [0.25, 0.3) is 0 Å². The topological polar surface area (TPSA) is 31.0 Å². The van der Waals surface area contributed by atoms with E-state index in [2.05, 4.69) is 162 Å². The van der Waals surface area contributed by atoms with E-state index in [0.717, 1.165) is 79.6 Å². The van der Waals surface area contributed by atoms with Crippen molar-refractivity contribution in [3.8, 4) is 39.3 Å². The fourth-order valence-corrected chi connectivity index (χ4v) is 7.68. The predicted molar refractivity (Wildman–Crippen MR) is 200 cm³/mol. The van der Waals surface area contributed by atoms with Crippen molar-refractivity contribution in [2.75, 3.05) is 0 Å². The van der Waals surface area contributed by atoms with Crippen LogP contribution in [0.4, 0.5) is 0 Å². The molecule has 0 spiro atoms. The first-order valence-corrected chi connectivity index (χ1v) is 16.6. The van der Waals surface area contributed by atoms with E-state index in [4.69, 9.17) is 9.40 Å². The largest absolute Gasteiger partial charge is 0.455 e. The van der Waals surface area contributed by atoms with Gasteiger partial charge in [0.05, 0.1) is 27.8 Å². The third-order valence-corrected chi connectivity index (χ3v) is 9.83. The number of hydrogen-bond acceptors (Lipinski definition) is 2. The molecule has 0 aliphatic heterocycles. The van der Waals surface area contributed by atoms with E-state index in [0.29, 0.717) is 0 Å². The zero-order valence-electron chi connectivity index (χ0n) is 26.2. The van der Waals surface area contributed by atoms with Crippen LogP contribution in [0.3, 0.4) is 0 Å². The lowest BCUT2D eigenvalue weighted by atomic mass is 9.91. The van der Waals surface area contributed by atoms with E-state index in [1.165, 1.54) is 27.4 Å². The highest BCUT2D eigenvalue weighted by molar-refractivity contribution is 6.28. The molecule has 0 unspecified atom stereocenters. The normalized spacial score (nSPS) is 12.8. The summed E-state index contributed by atoms with van der Waals surface area (Å²) in [5.74, 6) is 0. The molecule has 6 aromatic carbocycles. The first-order valence-electron chi connectivity index (χ1n) is 16.6. The number of nitrogens with zero attached hydrogens (tertiary/aromatic N) is 2. The molecule has 0 bridgehead atoms. The second-order valence-corrected chi connectivity index (χ2v) is 12.6. The molecule has 0 saturated heterocycles. The second-order valence-electron chi connectivity index (χ2n) is 12.6. The first-order chi connectivity index (χ1) is 23.8. The maximum absolute atomic E-state index is 6.85. The van der Waals surface area contributed by atoms with Crippen LogP contribution in [0.25, 0.3) is 89.1 Å². The van der Waals surface area contributed by atoms with Crippen LogP contribution in [0.1, 0.15) is 17.5 Å². The molecule has 9 aromatic rings. The first kappa shape index (κ1) is 27.0. The number of hydrogen-bond donors (Lipinski definition) is 0. The van der Waals surface area contributed by atoms with Crippen molar-refractivity contribution in [1.82, 2.24) is 9.55 Å². The minimum absolute atomic E-state index is 0.904. The van der Waals surface area contributed by atoms with Crippen LogP contribution in [0.5, 0.6) is 0 Å². The molecule has 0 saturated carbocycles. The Hall–Kier alpha value is -6.19. The Bertz CT molecular complexity index is 2640. The van der Waals surface area contributed by atoms with Crippen LogP contribution >= 0.6 is 0 Å². The molecule has 3 aromatic heterocycles. The lowest BCUT2D eigenvalue weighted by Crippen LogP contribution is -1.98. The van der Waals surface area contributed by atoms with Gasteiger partial charge in [-0.1, -0.05) is 115 Å². The van der Waals surface area contributed by atoms with Crippen LogP contribution < -0.4 is 0 Å². The fourth-order valence-electron chi connectivity index (χ4n) is 7.68. The van der Waals surface area contributed by atoms with Gasteiger partial charge >= 0.3 is 0 Å². The molecule has 0 atom stereocenters. The number of para-hydroxylation sites is 2. The van der Waals surface area contributed by atoms with Crippen molar-refractivity contribution in [2.45, 2.75) is 12.8 Å². The highest BCUT2D eigenvalue weighted by Crippen LogP contribution is 2.48. The van der Waals surface area contributed by atoms with E-state index in [1.807, 2.05) is 0 Å². The van der Waals surface area contributed by atoms with Gasteiger partial charge < -0.3 is 8.98 Å². The average molecular weight is 615 g/mol. The van der Waals surface area contributed by atoms with E-state index in [1.54, 1.807) is 0 Å². The summed E-state index contributed by atoms with van der Waals surface area (Å²) in [4.78, 5) is 5.23. The lowest BCUT2D eigenvalue weighted by Gasteiger charge is -2.15. The summed E-state index contributed by atoms with van der Waals surface area (Å²) in [5.41, 5.74) is 14.3. The van der Waals surface area contributed by atoms with E-state index >= 15 is 0 Å². The highest BCUT2D eigenvalue weighted by Gasteiger charge is 2.26. The number of aromatic nitrogens is 2. The van der Waals surface area contributed by atoms with Crippen LogP contribution in [0.2, 0.25) is 0 Å². The fraction of sp³-hybridized carbons (Fsp3) is 0.0444. The highest BCUT2D eigenvalue weighted by atomic mass is 16.3. The molecule has 3 heteroatoms. The van der Waals surface area contributed by atoms with Crippen molar-refractivity contribution < 1.29 is 4.42 Å². The molecule has 48 heavy (non-hydrogen) atoms. The van der Waals surface area contributed by atoms with Crippen molar-refractivity contribution in [1.29, 1.82) is 0 Å². The monoisotopic (exact) mass is 614 g/mol. The van der Waals surface area contributed by atoms with Crippen LogP contribution in [-0.2, 0) is 6.42 Å². The SMILES string of the molecule is C1=Cc2ccc3c(c2CC1)c1c2oc4ccccc4c2cc(-c2cc(-c4ccccc4)nc(-c4ccccc4)c2)c1n3-c1ccccc1. The summed E-state index contributed by atoms with van der Waals surface area (Å²) in [5, 5.41) is 4.70. The quantitative estimate of drug-likeness (QED) is 0.197. The molecular weight excluding hydrogens is 585 g/mol.